The van der Waals surface area contributed by atoms with Crippen molar-refractivity contribution >= 4 is 18.4 Å². The second-order valence-electron chi connectivity index (χ2n) is 3.60. The van der Waals surface area contributed by atoms with Crippen molar-refractivity contribution in [1.82, 2.24) is 0 Å². The Hall–Kier alpha value is -0.420. The first-order valence-electron chi connectivity index (χ1n) is 4.26. The predicted molar refractivity (Wildman–Crippen MR) is 49.8 cm³/mol. The fourth-order valence-corrected chi connectivity index (χ4v) is 1.68. The second kappa shape index (κ2) is 4.89. The van der Waals surface area contributed by atoms with E-state index in [0.29, 0.717) is 12.8 Å². The highest BCUT2D eigenvalue weighted by Crippen LogP contribution is 2.41. The summed E-state index contributed by atoms with van der Waals surface area (Å²) < 4.78 is 25.1. The molecule has 1 aliphatic rings. The van der Waals surface area contributed by atoms with Crippen molar-refractivity contribution in [3.63, 3.8) is 0 Å². The highest BCUT2D eigenvalue weighted by Gasteiger charge is 2.49. The Morgan fingerprint density at radius 1 is 1.43 bits per heavy atom. The maximum Gasteiger partial charge on any atom is 0.315 e. The van der Waals surface area contributed by atoms with Crippen molar-refractivity contribution in [2.24, 2.45) is 11.1 Å². The molecule has 0 amide bonds. The van der Waals surface area contributed by atoms with Crippen molar-refractivity contribution in [2.45, 2.75) is 38.2 Å². The highest BCUT2D eigenvalue weighted by atomic mass is 35.5. The summed E-state index contributed by atoms with van der Waals surface area (Å²) in [5.41, 5.74) is 3.68. The molecule has 1 rings (SSSR count). The predicted octanol–water partition coefficient (Wildman–Crippen LogP) is 1.65. The van der Waals surface area contributed by atoms with Gasteiger partial charge in [-0.25, -0.2) is 8.78 Å². The molecule has 1 saturated carbocycles. The van der Waals surface area contributed by atoms with E-state index in [-0.39, 0.29) is 31.3 Å². The van der Waals surface area contributed by atoms with Crippen LogP contribution < -0.4 is 5.73 Å². The number of alkyl halides is 2. The van der Waals surface area contributed by atoms with Crippen LogP contribution >= 0.6 is 12.4 Å². The van der Waals surface area contributed by atoms with Crippen LogP contribution in [0, 0.1) is 5.41 Å². The summed E-state index contributed by atoms with van der Waals surface area (Å²) in [6.45, 7) is 0. The minimum atomic E-state index is -2.79. The van der Waals surface area contributed by atoms with E-state index in [0.717, 1.165) is 0 Å². The Balaban J connectivity index is 0.00000169. The maximum absolute atomic E-state index is 12.5. The van der Waals surface area contributed by atoms with Gasteiger partial charge in [-0.2, -0.15) is 0 Å². The van der Waals surface area contributed by atoms with Gasteiger partial charge in [-0.3, -0.25) is 4.79 Å². The number of carboxylic acids is 1. The average molecular weight is 230 g/mol. The van der Waals surface area contributed by atoms with Crippen LogP contribution in [0.2, 0.25) is 0 Å². The van der Waals surface area contributed by atoms with Crippen LogP contribution in [-0.2, 0) is 4.79 Å². The third-order valence-corrected chi connectivity index (χ3v) is 2.77. The van der Waals surface area contributed by atoms with Crippen LogP contribution in [0.25, 0.3) is 0 Å². The number of aliphatic carboxylic acids is 1. The Kier molecular flexibility index (Phi) is 4.74. The third-order valence-electron chi connectivity index (χ3n) is 2.77. The molecule has 0 aliphatic heterocycles. The lowest BCUT2D eigenvalue weighted by Crippen LogP contribution is -2.44. The summed E-state index contributed by atoms with van der Waals surface area (Å²) in [6.07, 6.45) is -2.08. The normalized spacial score (nSPS) is 32.4. The molecule has 0 unspecified atom stereocenters. The molecule has 3 N–H and O–H groups in total. The van der Waals surface area contributed by atoms with Gasteiger partial charge in [-0.15, -0.1) is 12.4 Å². The molecule has 1 aliphatic carbocycles. The summed E-state index contributed by atoms with van der Waals surface area (Å²) in [5.74, 6) is -1.39. The van der Waals surface area contributed by atoms with E-state index in [2.05, 4.69) is 0 Å². The third kappa shape index (κ3) is 2.33. The zero-order valence-electron chi connectivity index (χ0n) is 7.58. The Morgan fingerprint density at radius 3 is 2.14 bits per heavy atom. The quantitative estimate of drug-likeness (QED) is 0.757. The van der Waals surface area contributed by atoms with Gasteiger partial charge in [0.15, 0.2) is 0 Å². The molecule has 0 aromatic carbocycles. The number of halogens is 3. The molecule has 0 bridgehead atoms. The molecule has 0 aromatic heterocycles. The number of nitrogens with two attached hydrogens (primary N) is 1. The molecule has 0 saturated heterocycles. The van der Waals surface area contributed by atoms with Gasteiger partial charge in [0.05, 0.1) is 0 Å². The zero-order chi connectivity index (χ0) is 10.1. The molecule has 3 nitrogen and oxygen atoms in total. The van der Waals surface area contributed by atoms with Crippen molar-refractivity contribution < 1.29 is 18.7 Å². The summed E-state index contributed by atoms with van der Waals surface area (Å²) in [6, 6.07) is -0.119. The highest BCUT2D eigenvalue weighted by molar-refractivity contribution is 5.85. The smallest absolute Gasteiger partial charge is 0.315 e. The van der Waals surface area contributed by atoms with Crippen LogP contribution in [0.3, 0.4) is 0 Å². The second-order valence-corrected chi connectivity index (χ2v) is 3.60. The lowest BCUT2D eigenvalue weighted by molar-refractivity contribution is -0.163. The molecular formula is C8H14ClF2NO2. The number of hydrogen-bond donors (Lipinski definition) is 2. The minimum absolute atomic E-state index is 0. The van der Waals surface area contributed by atoms with E-state index in [1.165, 1.54) is 0 Å². The molecule has 0 atom stereocenters. The fourth-order valence-electron chi connectivity index (χ4n) is 1.68. The van der Waals surface area contributed by atoms with Crippen LogP contribution in [0.4, 0.5) is 8.78 Å². The molecular weight excluding hydrogens is 216 g/mol. The number of carboxylic acid groups (broad SMARTS) is 1. The molecule has 1 fully saturated rings. The van der Waals surface area contributed by atoms with E-state index in [9.17, 15) is 13.6 Å². The maximum atomic E-state index is 12.5. The monoisotopic (exact) mass is 229 g/mol. The van der Waals surface area contributed by atoms with Gasteiger partial charge < -0.3 is 10.8 Å². The Bertz CT molecular complexity index is 206. The van der Waals surface area contributed by atoms with Gasteiger partial charge in [-0.05, 0) is 25.7 Å². The lowest BCUT2D eigenvalue weighted by atomic mass is 9.73. The zero-order valence-corrected chi connectivity index (χ0v) is 8.40. The molecule has 0 spiro atoms. The standard InChI is InChI=1S/C8H13F2NO2.ClH/c9-6(10)8(7(12)13)3-1-5(11)2-4-8;/h5-6H,1-4,11H2,(H,12,13);1H. The molecule has 14 heavy (non-hydrogen) atoms. The summed E-state index contributed by atoms with van der Waals surface area (Å²) in [7, 11) is 0. The van der Waals surface area contributed by atoms with Crippen molar-refractivity contribution in [1.29, 1.82) is 0 Å². The number of rotatable bonds is 2. The van der Waals surface area contributed by atoms with E-state index in [1.54, 1.807) is 0 Å². The van der Waals surface area contributed by atoms with Crippen molar-refractivity contribution in [3.8, 4) is 0 Å². The van der Waals surface area contributed by atoms with E-state index in [1.807, 2.05) is 0 Å². The first-order valence-corrected chi connectivity index (χ1v) is 4.26. The minimum Gasteiger partial charge on any atom is -0.481 e. The average Bonchev–Trinajstić information content (AvgIpc) is 2.04. The Morgan fingerprint density at radius 2 is 1.86 bits per heavy atom. The van der Waals surface area contributed by atoms with Gasteiger partial charge in [0.25, 0.3) is 6.43 Å². The van der Waals surface area contributed by atoms with Gasteiger partial charge in [-0.1, -0.05) is 0 Å². The van der Waals surface area contributed by atoms with Crippen molar-refractivity contribution in [2.75, 3.05) is 0 Å². The first kappa shape index (κ1) is 13.6. The molecule has 0 aromatic rings. The van der Waals surface area contributed by atoms with Gasteiger partial charge in [0.2, 0.25) is 0 Å². The van der Waals surface area contributed by atoms with Gasteiger partial charge in [0, 0.05) is 6.04 Å². The largest absolute Gasteiger partial charge is 0.481 e. The van der Waals surface area contributed by atoms with E-state index in [4.69, 9.17) is 10.8 Å². The fraction of sp³-hybridized carbons (Fsp3) is 0.875. The van der Waals surface area contributed by atoms with Crippen molar-refractivity contribution in [3.05, 3.63) is 0 Å². The first-order chi connectivity index (χ1) is 5.99. The summed E-state index contributed by atoms with van der Waals surface area (Å²) in [4.78, 5) is 10.7. The van der Waals surface area contributed by atoms with Crippen LogP contribution in [0.15, 0.2) is 0 Å². The SMILES string of the molecule is Cl.NC1CCC(C(=O)O)(C(F)F)CC1. The van der Waals surface area contributed by atoms with Crippen LogP contribution in [0.5, 0.6) is 0 Å². The molecule has 0 radical (unpaired) electrons. The number of hydrogen-bond acceptors (Lipinski definition) is 2. The number of carbonyl (C=O) groups is 1. The summed E-state index contributed by atoms with van der Waals surface area (Å²) in [5, 5.41) is 8.72. The van der Waals surface area contributed by atoms with Crippen LogP contribution in [-0.4, -0.2) is 23.5 Å². The van der Waals surface area contributed by atoms with Crippen LogP contribution in [0.1, 0.15) is 25.7 Å². The molecule has 84 valence electrons. The lowest BCUT2D eigenvalue weighted by Gasteiger charge is -2.34. The topological polar surface area (TPSA) is 63.3 Å². The van der Waals surface area contributed by atoms with Gasteiger partial charge in [0.1, 0.15) is 5.41 Å². The van der Waals surface area contributed by atoms with E-state index >= 15 is 0 Å². The molecule has 6 heteroatoms. The Labute approximate surface area is 87.1 Å². The summed E-state index contributed by atoms with van der Waals surface area (Å²) >= 11 is 0. The van der Waals surface area contributed by atoms with E-state index < -0.39 is 17.8 Å². The van der Waals surface area contributed by atoms with Gasteiger partial charge >= 0.3 is 5.97 Å². The molecule has 0 heterocycles.